The van der Waals surface area contributed by atoms with E-state index in [0.29, 0.717) is 25.1 Å². The van der Waals surface area contributed by atoms with Gasteiger partial charge in [-0.25, -0.2) is 0 Å². The van der Waals surface area contributed by atoms with E-state index in [1.54, 1.807) is 17.9 Å². The van der Waals surface area contributed by atoms with Crippen LogP contribution in [-0.4, -0.2) is 40.0 Å². The van der Waals surface area contributed by atoms with Gasteiger partial charge in [0.2, 0.25) is 0 Å². The third-order valence-corrected chi connectivity index (χ3v) is 4.50. The third kappa shape index (κ3) is 2.99. The van der Waals surface area contributed by atoms with E-state index >= 15 is 0 Å². The number of carboxylic acid groups (broad SMARTS) is 1. The van der Waals surface area contributed by atoms with Crippen LogP contribution in [0, 0.1) is 5.41 Å². The number of nitrogens with zero attached hydrogens (tertiary/aromatic N) is 1. The molecule has 0 spiro atoms. The highest BCUT2D eigenvalue weighted by molar-refractivity contribution is 5.94. The molecule has 5 heteroatoms. The number of nitrogens with one attached hydrogen (secondary N) is 1. The van der Waals surface area contributed by atoms with Crippen molar-refractivity contribution in [1.82, 2.24) is 9.88 Å². The summed E-state index contributed by atoms with van der Waals surface area (Å²) in [6.07, 6.45) is 1.31. The molecule has 0 radical (unpaired) electrons. The van der Waals surface area contributed by atoms with Crippen molar-refractivity contribution in [2.75, 3.05) is 13.1 Å². The number of hydrogen-bond donors (Lipinski definition) is 2. The van der Waals surface area contributed by atoms with Gasteiger partial charge in [-0.2, -0.15) is 0 Å². The molecule has 1 aromatic heterocycles. The maximum atomic E-state index is 12.7. The molecule has 2 heterocycles. The topological polar surface area (TPSA) is 73.4 Å². The van der Waals surface area contributed by atoms with Crippen LogP contribution in [0.1, 0.15) is 30.3 Å². The molecule has 2 N–H and O–H groups in total. The maximum absolute atomic E-state index is 12.7. The van der Waals surface area contributed by atoms with E-state index in [1.807, 2.05) is 36.4 Å². The van der Waals surface area contributed by atoms with Gasteiger partial charge in [0, 0.05) is 18.8 Å². The summed E-state index contributed by atoms with van der Waals surface area (Å²) in [4.78, 5) is 28.9. The number of carbonyl (C=O) groups is 2. The number of H-pyrrole nitrogens is 1. The van der Waals surface area contributed by atoms with Crippen LogP contribution in [0.5, 0.6) is 0 Å². The average Bonchev–Trinajstić information content (AvgIpc) is 3.05. The number of benzene rings is 1. The number of rotatable bonds is 3. The van der Waals surface area contributed by atoms with Gasteiger partial charge in [-0.1, -0.05) is 30.3 Å². The smallest absolute Gasteiger partial charge is 0.311 e. The number of likely N-dealkylation sites (tertiary alicyclic amines) is 1. The van der Waals surface area contributed by atoms with Gasteiger partial charge in [-0.3, -0.25) is 9.59 Å². The minimum atomic E-state index is -0.858. The fourth-order valence-corrected chi connectivity index (χ4v) is 3.06. The molecule has 1 amide bonds. The average molecular weight is 312 g/mol. The van der Waals surface area contributed by atoms with Crippen LogP contribution in [0.15, 0.2) is 42.5 Å². The lowest BCUT2D eigenvalue weighted by Gasteiger charge is -2.37. The Kier molecular flexibility index (Phi) is 3.94. The molecule has 1 fully saturated rings. The Balaban J connectivity index is 1.79. The van der Waals surface area contributed by atoms with E-state index in [9.17, 15) is 14.7 Å². The minimum Gasteiger partial charge on any atom is -0.481 e. The largest absolute Gasteiger partial charge is 0.481 e. The van der Waals surface area contributed by atoms with Crippen molar-refractivity contribution in [3.8, 4) is 11.3 Å². The quantitative estimate of drug-likeness (QED) is 0.915. The summed E-state index contributed by atoms with van der Waals surface area (Å²) in [5.74, 6) is -0.981. The molecule has 23 heavy (non-hydrogen) atoms. The van der Waals surface area contributed by atoms with Gasteiger partial charge < -0.3 is 15.0 Å². The van der Waals surface area contributed by atoms with Crippen molar-refractivity contribution in [1.29, 1.82) is 0 Å². The molecule has 1 aliphatic heterocycles. The zero-order chi connectivity index (χ0) is 16.4. The first-order valence-electron chi connectivity index (χ1n) is 7.77. The van der Waals surface area contributed by atoms with Crippen molar-refractivity contribution in [2.45, 2.75) is 19.8 Å². The second kappa shape index (κ2) is 5.91. The van der Waals surface area contributed by atoms with E-state index in [1.165, 1.54) is 0 Å². The van der Waals surface area contributed by atoms with E-state index in [0.717, 1.165) is 11.3 Å². The summed E-state index contributed by atoms with van der Waals surface area (Å²) < 4.78 is 0. The van der Waals surface area contributed by atoms with E-state index in [4.69, 9.17) is 0 Å². The lowest BCUT2D eigenvalue weighted by atomic mass is 9.82. The molecule has 0 aliphatic carbocycles. The predicted octanol–water partition coefficient (Wildman–Crippen LogP) is 3.01. The summed E-state index contributed by atoms with van der Waals surface area (Å²) in [5, 5.41) is 9.37. The van der Waals surface area contributed by atoms with Crippen LogP contribution < -0.4 is 0 Å². The molecular weight excluding hydrogens is 292 g/mol. The van der Waals surface area contributed by atoms with Crippen LogP contribution in [-0.2, 0) is 4.79 Å². The second-order valence-electron chi connectivity index (χ2n) is 6.35. The van der Waals surface area contributed by atoms with Gasteiger partial charge in [0.05, 0.1) is 5.41 Å². The number of aromatic amines is 1. The number of carboxylic acids is 1. The van der Waals surface area contributed by atoms with Crippen molar-refractivity contribution in [3.05, 3.63) is 48.2 Å². The highest BCUT2D eigenvalue weighted by Gasteiger charge is 2.39. The van der Waals surface area contributed by atoms with Crippen LogP contribution in [0.4, 0.5) is 0 Å². The molecule has 1 saturated heterocycles. The number of amides is 1. The molecule has 3 rings (SSSR count). The van der Waals surface area contributed by atoms with Crippen molar-refractivity contribution < 1.29 is 14.7 Å². The summed E-state index contributed by atoms with van der Waals surface area (Å²) in [7, 11) is 0. The Bertz CT molecular complexity index is 723. The fourth-order valence-electron chi connectivity index (χ4n) is 3.06. The summed E-state index contributed by atoms with van der Waals surface area (Å²) >= 11 is 0. The summed E-state index contributed by atoms with van der Waals surface area (Å²) in [6, 6.07) is 13.4. The Morgan fingerprint density at radius 3 is 2.61 bits per heavy atom. The molecule has 1 atom stereocenters. The van der Waals surface area contributed by atoms with Gasteiger partial charge in [0.15, 0.2) is 0 Å². The van der Waals surface area contributed by atoms with E-state index in [2.05, 4.69) is 4.98 Å². The van der Waals surface area contributed by atoms with Crippen LogP contribution >= 0.6 is 0 Å². The van der Waals surface area contributed by atoms with Gasteiger partial charge in [-0.05, 0) is 37.5 Å². The molecule has 120 valence electrons. The number of piperidine rings is 1. The Labute approximate surface area is 134 Å². The molecule has 1 aliphatic rings. The summed E-state index contributed by atoms with van der Waals surface area (Å²) in [6.45, 7) is 2.56. The molecule has 1 unspecified atom stereocenters. The lowest BCUT2D eigenvalue weighted by molar-refractivity contribution is -0.150. The Morgan fingerprint density at radius 1 is 1.17 bits per heavy atom. The monoisotopic (exact) mass is 312 g/mol. The van der Waals surface area contributed by atoms with Crippen LogP contribution in [0.3, 0.4) is 0 Å². The maximum Gasteiger partial charge on any atom is 0.311 e. The number of aliphatic carboxylic acids is 1. The van der Waals surface area contributed by atoms with Crippen LogP contribution in [0.2, 0.25) is 0 Å². The Hall–Kier alpha value is -2.56. The predicted molar refractivity (Wildman–Crippen MR) is 87.1 cm³/mol. The normalized spacial score (nSPS) is 21.2. The number of hydrogen-bond acceptors (Lipinski definition) is 2. The first-order chi connectivity index (χ1) is 11.0. The first-order valence-corrected chi connectivity index (χ1v) is 7.77. The molecule has 0 saturated carbocycles. The van der Waals surface area contributed by atoms with Crippen molar-refractivity contribution in [3.63, 3.8) is 0 Å². The zero-order valence-electron chi connectivity index (χ0n) is 13.1. The molecular formula is C18H20N2O3. The molecule has 1 aromatic carbocycles. The third-order valence-electron chi connectivity index (χ3n) is 4.50. The second-order valence-corrected chi connectivity index (χ2v) is 6.35. The standard InChI is InChI=1S/C18H20N2O3/c1-18(17(22)23)10-5-11-20(12-18)16(21)15-9-8-14(19-15)13-6-3-2-4-7-13/h2-4,6-9,19H,5,10-12H2,1H3,(H,22,23). The van der Waals surface area contributed by atoms with Crippen LogP contribution in [0.25, 0.3) is 11.3 Å². The fraction of sp³-hybridized carbons (Fsp3) is 0.333. The van der Waals surface area contributed by atoms with Gasteiger partial charge in [0.25, 0.3) is 5.91 Å². The lowest BCUT2D eigenvalue weighted by Crippen LogP contribution is -2.48. The molecule has 5 nitrogen and oxygen atoms in total. The van der Waals surface area contributed by atoms with E-state index < -0.39 is 11.4 Å². The Morgan fingerprint density at radius 2 is 1.91 bits per heavy atom. The van der Waals surface area contributed by atoms with E-state index in [-0.39, 0.29) is 12.5 Å². The number of aromatic nitrogens is 1. The molecule has 2 aromatic rings. The minimum absolute atomic E-state index is 0.139. The number of carbonyl (C=O) groups excluding carboxylic acids is 1. The highest BCUT2D eigenvalue weighted by Crippen LogP contribution is 2.30. The van der Waals surface area contributed by atoms with Gasteiger partial charge >= 0.3 is 5.97 Å². The zero-order valence-corrected chi connectivity index (χ0v) is 13.1. The van der Waals surface area contributed by atoms with Crippen molar-refractivity contribution >= 4 is 11.9 Å². The van der Waals surface area contributed by atoms with Gasteiger partial charge in [0.1, 0.15) is 5.69 Å². The first kappa shape index (κ1) is 15.3. The van der Waals surface area contributed by atoms with Gasteiger partial charge in [-0.15, -0.1) is 0 Å². The SMILES string of the molecule is CC1(C(=O)O)CCCN(C(=O)c2ccc(-c3ccccc3)[nH]2)C1. The van der Waals surface area contributed by atoms with Crippen molar-refractivity contribution in [2.24, 2.45) is 5.41 Å². The summed E-state index contributed by atoms with van der Waals surface area (Å²) in [5.41, 5.74) is 1.54. The highest BCUT2D eigenvalue weighted by atomic mass is 16.4. The molecule has 0 bridgehead atoms.